The van der Waals surface area contributed by atoms with Gasteiger partial charge in [0.2, 0.25) is 11.8 Å². The molecule has 1 heterocycles. The Morgan fingerprint density at radius 3 is 2.44 bits per heavy atom. The molecule has 1 saturated heterocycles. The number of rotatable bonds is 7. The zero-order chi connectivity index (χ0) is 20.2. The van der Waals surface area contributed by atoms with Crippen LogP contribution < -0.4 is 10.2 Å². The molecule has 2 rings (SSSR count). The van der Waals surface area contributed by atoms with Crippen molar-refractivity contribution in [3.8, 4) is 0 Å². The summed E-state index contributed by atoms with van der Waals surface area (Å²) in [5.41, 5.74) is -0.0927. The maximum atomic E-state index is 12.7. The van der Waals surface area contributed by atoms with E-state index < -0.39 is 11.7 Å². The van der Waals surface area contributed by atoms with Crippen LogP contribution in [0.2, 0.25) is 0 Å². The standard InChI is InChI=1S/C18H24F3N3O2S/c1-12-16(26)24(10-8-15(25)22-9-11-23(2)3)17(27-12)13-4-6-14(7-5-13)18(19,20)21/h4-7,12,17H,8-11H2,1-3H3,(H,22,25)/p+1/t12-,17+/m1/s1. The van der Waals surface area contributed by atoms with Gasteiger partial charge in [-0.1, -0.05) is 12.1 Å². The number of benzene rings is 1. The van der Waals surface area contributed by atoms with E-state index in [-0.39, 0.29) is 35.4 Å². The molecule has 0 spiro atoms. The molecule has 2 N–H and O–H groups in total. The van der Waals surface area contributed by atoms with Gasteiger partial charge in [-0.25, -0.2) is 0 Å². The van der Waals surface area contributed by atoms with Crippen molar-refractivity contribution in [3.05, 3.63) is 35.4 Å². The monoisotopic (exact) mass is 404 g/mol. The molecule has 1 aromatic carbocycles. The Balaban J connectivity index is 2.01. The van der Waals surface area contributed by atoms with Crippen LogP contribution in [0.15, 0.2) is 24.3 Å². The van der Waals surface area contributed by atoms with E-state index in [1.807, 2.05) is 14.1 Å². The van der Waals surface area contributed by atoms with Crippen LogP contribution in [0.4, 0.5) is 13.2 Å². The molecule has 0 unspecified atom stereocenters. The number of quaternary nitrogens is 1. The van der Waals surface area contributed by atoms with E-state index in [0.717, 1.165) is 18.7 Å². The third-order valence-electron chi connectivity index (χ3n) is 4.30. The first-order valence-corrected chi connectivity index (χ1v) is 9.72. The van der Waals surface area contributed by atoms with Gasteiger partial charge in [-0.05, 0) is 24.6 Å². The lowest BCUT2D eigenvalue weighted by molar-refractivity contribution is -0.856. The average Bonchev–Trinajstić information content (AvgIpc) is 2.87. The molecule has 2 amide bonds. The fraction of sp³-hybridized carbons (Fsp3) is 0.556. The molecular weight excluding hydrogens is 379 g/mol. The summed E-state index contributed by atoms with van der Waals surface area (Å²) in [4.78, 5) is 27.2. The molecule has 9 heteroatoms. The Bertz CT molecular complexity index is 665. The summed E-state index contributed by atoms with van der Waals surface area (Å²) in [5.74, 6) is -0.241. The Labute approximate surface area is 161 Å². The normalized spacial score (nSPS) is 20.4. The predicted octanol–water partition coefficient (Wildman–Crippen LogP) is 1.32. The minimum Gasteiger partial charge on any atom is -0.350 e. The number of thioether (sulfide) groups is 1. The highest BCUT2D eigenvalue weighted by atomic mass is 32.2. The van der Waals surface area contributed by atoms with Crippen LogP contribution in [0.5, 0.6) is 0 Å². The maximum Gasteiger partial charge on any atom is 0.416 e. The lowest BCUT2D eigenvalue weighted by Gasteiger charge is -2.24. The van der Waals surface area contributed by atoms with Crippen LogP contribution in [0.1, 0.15) is 29.8 Å². The molecule has 0 aromatic heterocycles. The number of hydrogen-bond donors (Lipinski definition) is 2. The molecule has 27 heavy (non-hydrogen) atoms. The fourth-order valence-corrected chi connectivity index (χ4v) is 4.07. The van der Waals surface area contributed by atoms with Crippen LogP contribution in [0.25, 0.3) is 0 Å². The van der Waals surface area contributed by atoms with Gasteiger partial charge in [0, 0.05) is 13.0 Å². The van der Waals surface area contributed by atoms with Crippen molar-refractivity contribution < 1.29 is 27.7 Å². The Morgan fingerprint density at radius 2 is 1.89 bits per heavy atom. The number of alkyl halides is 3. The largest absolute Gasteiger partial charge is 0.416 e. The number of nitrogens with zero attached hydrogens (tertiary/aromatic N) is 1. The zero-order valence-electron chi connectivity index (χ0n) is 15.6. The summed E-state index contributed by atoms with van der Waals surface area (Å²) in [6.45, 7) is 3.37. The van der Waals surface area contributed by atoms with Gasteiger partial charge in [-0.2, -0.15) is 13.2 Å². The molecule has 5 nitrogen and oxygen atoms in total. The number of likely N-dealkylation sites (N-methyl/N-ethyl adjacent to an activating group) is 1. The van der Waals surface area contributed by atoms with Crippen LogP contribution in [-0.2, 0) is 15.8 Å². The lowest BCUT2D eigenvalue weighted by atomic mass is 10.1. The minimum absolute atomic E-state index is 0.101. The van der Waals surface area contributed by atoms with Crippen molar-refractivity contribution in [2.45, 2.75) is 30.1 Å². The molecule has 0 radical (unpaired) electrons. The van der Waals surface area contributed by atoms with Gasteiger partial charge in [-0.3, -0.25) is 9.59 Å². The van der Waals surface area contributed by atoms with Crippen molar-refractivity contribution in [1.82, 2.24) is 10.2 Å². The summed E-state index contributed by atoms with van der Waals surface area (Å²) in [7, 11) is 3.98. The van der Waals surface area contributed by atoms with Crippen LogP contribution in [-0.4, -0.2) is 55.7 Å². The van der Waals surface area contributed by atoms with Crippen LogP contribution in [0.3, 0.4) is 0 Å². The van der Waals surface area contributed by atoms with Gasteiger partial charge < -0.3 is 15.1 Å². The van der Waals surface area contributed by atoms with Crippen LogP contribution in [0, 0.1) is 0 Å². The molecule has 1 aliphatic rings. The predicted molar refractivity (Wildman–Crippen MR) is 98.3 cm³/mol. The van der Waals surface area contributed by atoms with Crippen molar-refractivity contribution in [2.75, 3.05) is 33.7 Å². The second-order valence-electron chi connectivity index (χ2n) is 6.84. The van der Waals surface area contributed by atoms with Gasteiger partial charge in [0.05, 0.1) is 38.0 Å². The van der Waals surface area contributed by atoms with Crippen molar-refractivity contribution >= 4 is 23.6 Å². The highest BCUT2D eigenvalue weighted by molar-refractivity contribution is 8.01. The third kappa shape index (κ3) is 5.87. The van der Waals surface area contributed by atoms with Crippen molar-refractivity contribution in [2.24, 2.45) is 0 Å². The van der Waals surface area contributed by atoms with Gasteiger partial charge in [0.25, 0.3) is 0 Å². The lowest BCUT2D eigenvalue weighted by Crippen LogP contribution is -3.06. The van der Waals surface area contributed by atoms with E-state index >= 15 is 0 Å². The third-order valence-corrected chi connectivity index (χ3v) is 5.69. The highest BCUT2D eigenvalue weighted by Gasteiger charge is 2.39. The van der Waals surface area contributed by atoms with Gasteiger partial charge in [0.1, 0.15) is 5.37 Å². The molecule has 0 aliphatic carbocycles. The Hall–Kier alpha value is -1.74. The number of halogens is 3. The molecule has 2 atom stereocenters. The number of amides is 2. The quantitative estimate of drug-likeness (QED) is 0.721. The van der Waals surface area contributed by atoms with Gasteiger partial charge in [-0.15, -0.1) is 11.8 Å². The van der Waals surface area contributed by atoms with E-state index in [1.54, 1.807) is 11.8 Å². The smallest absolute Gasteiger partial charge is 0.350 e. The second kappa shape index (κ2) is 8.97. The number of carbonyl (C=O) groups excluding carboxylic acids is 2. The van der Waals surface area contributed by atoms with Crippen molar-refractivity contribution in [1.29, 1.82) is 0 Å². The molecule has 1 fully saturated rings. The first kappa shape index (κ1) is 21.6. The molecule has 150 valence electrons. The first-order valence-electron chi connectivity index (χ1n) is 8.78. The fourth-order valence-electron chi connectivity index (χ4n) is 2.76. The first-order chi connectivity index (χ1) is 12.6. The van der Waals surface area contributed by atoms with E-state index in [1.165, 1.54) is 28.8 Å². The highest BCUT2D eigenvalue weighted by Crippen LogP contribution is 2.43. The molecule has 0 saturated carbocycles. The SMILES string of the molecule is C[C@H]1S[C@@H](c2ccc(C(F)(F)F)cc2)N(CCC(=O)NCC[NH+](C)C)C1=O. The number of hydrogen-bond acceptors (Lipinski definition) is 3. The molecule has 1 aliphatic heterocycles. The zero-order valence-corrected chi connectivity index (χ0v) is 16.4. The van der Waals surface area contributed by atoms with E-state index in [9.17, 15) is 22.8 Å². The van der Waals surface area contributed by atoms with Gasteiger partial charge >= 0.3 is 6.18 Å². The second-order valence-corrected chi connectivity index (χ2v) is 8.26. The molecule has 1 aromatic rings. The Kier molecular flexibility index (Phi) is 7.16. The molecular formula is C18H25F3N3O2S+. The van der Waals surface area contributed by atoms with Crippen LogP contribution >= 0.6 is 11.8 Å². The topological polar surface area (TPSA) is 53.9 Å². The summed E-state index contributed by atoms with van der Waals surface area (Å²) < 4.78 is 38.2. The van der Waals surface area contributed by atoms with Crippen molar-refractivity contribution in [3.63, 3.8) is 0 Å². The summed E-state index contributed by atoms with van der Waals surface area (Å²) in [5, 5.41) is 2.14. The summed E-state index contributed by atoms with van der Waals surface area (Å²) in [6.07, 6.45) is -4.23. The maximum absolute atomic E-state index is 12.7. The summed E-state index contributed by atoms with van der Waals surface area (Å²) in [6, 6.07) is 4.85. The average molecular weight is 404 g/mol. The van der Waals surface area contributed by atoms with E-state index in [0.29, 0.717) is 12.1 Å². The minimum atomic E-state index is -4.39. The summed E-state index contributed by atoms with van der Waals surface area (Å²) >= 11 is 1.38. The van der Waals surface area contributed by atoms with Gasteiger partial charge in [0.15, 0.2) is 0 Å². The Morgan fingerprint density at radius 1 is 1.26 bits per heavy atom. The van der Waals surface area contributed by atoms with E-state index in [2.05, 4.69) is 5.32 Å². The number of carbonyl (C=O) groups is 2. The van der Waals surface area contributed by atoms with E-state index in [4.69, 9.17) is 0 Å². The molecule has 0 bridgehead atoms. The number of nitrogens with one attached hydrogen (secondary N) is 2.